The fourth-order valence-corrected chi connectivity index (χ4v) is 3.86. The van der Waals surface area contributed by atoms with E-state index in [0.717, 1.165) is 15.9 Å². The number of nitrogens with zero attached hydrogens (tertiary/aromatic N) is 5. The lowest BCUT2D eigenvalue weighted by atomic mass is 10.2. The van der Waals surface area contributed by atoms with Gasteiger partial charge in [0, 0.05) is 25.5 Å². The van der Waals surface area contributed by atoms with Crippen molar-refractivity contribution in [3.8, 4) is 5.75 Å². The third-order valence-corrected chi connectivity index (χ3v) is 5.35. The molecule has 0 bridgehead atoms. The molecule has 4 rings (SSSR count). The van der Waals surface area contributed by atoms with Crippen molar-refractivity contribution in [3.05, 3.63) is 78.4 Å². The molecular weight excluding hydrogens is 447 g/mol. The molecule has 0 spiro atoms. The first-order valence-corrected chi connectivity index (χ1v) is 10.9. The molecule has 1 atom stereocenters. The maximum Gasteiger partial charge on any atom is 0.449 e. The lowest BCUT2D eigenvalue weighted by Gasteiger charge is -2.22. The number of aromatic nitrogens is 4. The van der Waals surface area contributed by atoms with Crippen LogP contribution in [0.3, 0.4) is 0 Å². The van der Waals surface area contributed by atoms with Crippen molar-refractivity contribution in [2.75, 3.05) is 20.2 Å². The average molecular weight is 473 g/mol. The van der Waals surface area contributed by atoms with Gasteiger partial charge in [-0.25, -0.2) is 4.98 Å². The molecule has 0 fully saturated rings. The van der Waals surface area contributed by atoms with Crippen LogP contribution in [0.1, 0.15) is 11.4 Å². The molecule has 0 amide bonds. The number of alkyl halides is 3. The zero-order valence-corrected chi connectivity index (χ0v) is 18.7. The minimum Gasteiger partial charge on any atom is -0.492 e. The first-order chi connectivity index (χ1) is 16.3. The molecule has 2 heterocycles. The van der Waals surface area contributed by atoms with Gasteiger partial charge in [0.25, 0.3) is 0 Å². The van der Waals surface area contributed by atoms with Gasteiger partial charge in [-0.2, -0.15) is 18.3 Å². The SMILES string of the molecule is CN(Cc1ccc(OCCn2cccn2)cc1)C[C@H](O)Cn1c(C(F)(F)F)nc2ccccc21. The van der Waals surface area contributed by atoms with Gasteiger partial charge in [0.1, 0.15) is 12.4 Å². The van der Waals surface area contributed by atoms with Gasteiger partial charge in [0.2, 0.25) is 5.82 Å². The predicted molar refractivity (Wildman–Crippen MR) is 121 cm³/mol. The quantitative estimate of drug-likeness (QED) is 0.379. The zero-order valence-electron chi connectivity index (χ0n) is 18.7. The lowest BCUT2D eigenvalue weighted by Crippen LogP contribution is -2.32. The standard InChI is InChI=1S/C24H26F3N5O2/c1-30(15-18-7-9-20(10-8-18)34-14-13-31-12-4-11-28-31)16-19(33)17-32-22-6-3-2-5-21(22)29-23(32)24(25,26)27/h2-12,19,33H,13-17H2,1H3/t19-/m0/s1. The highest BCUT2D eigenvalue weighted by molar-refractivity contribution is 5.76. The molecule has 0 radical (unpaired) electrons. The number of fused-ring (bicyclic) bond motifs is 1. The molecule has 0 saturated carbocycles. The number of halogens is 3. The highest BCUT2D eigenvalue weighted by Gasteiger charge is 2.38. The maximum atomic E-state index is 13.5. The molecule has 180 valence electrons. The van der Waals surface area contributed by atoms with Crippen molar-refractivity contribution in [2.45, 2.75) is 31.9 Å². The largest absolute Gasteiger partial charge is 0.492 e. The molecule has 10 heteroatoms. The van der Waals surface area contributed by atoms with E-state index in [1.807, 2.05) is 48.5 Å². The van der Waals surface area contributed by atoms with E-state index in [9.17, 15) is 18.3 Å². The minimum atomic E-state index is -4.60. The number of imidazole rings is 1. The van der Waals surface area contributed by atoms with E-state index >= 15 is 0 Å². The number of hydrogen-bond donors (Lipinski definition) is 1. The predicted octanol–water partition coefficient (Wildman–Crippen LogP) is 3.82. The lowest BCUT2D eigenvalue weighted by molar-refractivity contribution is -0.147. The van der Waals surface area contributed by atoms with Crippen LogP contribution in [0.15, 0.2) is 67.0 Å². The van der Waals surface area contributed by atoms with E-state index in [0.29, 0.717) is 25.2 Å². The Balaban J connectivity index is 1.31. The number of ether oxygens (including phenoxy) is 1. The van der Waals surface area contributed by atoms with Crippen molar-refractivity contribution in [1.82, 2.24) is 24.2 Å². The van der Waals surface area contributed by atoms with Crippen molar-refractivity contribution < 1.29 is 23.0 Å². The average Bonchev–Trinajstić information content (AvgIpc) is 3.43. The Kier molecular flexibility index (Phi) is 7.18. The summed E-state index contributed by atoms with van der Waals surface area (Å²) in [6.45, 7) is 1.67. The van der Waals surface area contributed by atoms with Crippen molar-refractivity contribution in [2.24, 2.45) is 0 Å². The fourth-order valence-electron chi connectivity index (χ4n) is 3.86. The van der Waals surface area contributed by atoms with Gasteiger partial charge in [-0.05, 0) is 42.9 Å². The molecule has 0 unspecified atom stereocenters. The van der Waals surface area contributed by atoms with Crippen molar-refractivity contribution in [1.29, 1.82) is 0 Å². The third-order valence-electron chi connectivity index (χ3n) is 5.35. The van der Waals surface area contributed by atoms with E-state index in [4.69, 9.17) is 4.74 Å². The van der Waals surface area contributed by atoms with E-state index in [1.54, 1.807) is 29.1 Å². The molecule has 2 aromatic heterocycles. The first kappa shape index (κ1) is 23.8. The molecular formula is C24H26F3N5O2. The van der Waals surface area contributed by atoms with Crippen LogP contribution in [-0.2, 0) is 25.8 Å². The van der Waals surface area contributed by atoms with Gasteiger partial charge in [0.15, 0.2) is 0 Å². The van der Waals surface area contributed by atoms with E-state index < -0.39 is 18.1 Å². The summed E-state index contributed by atoms with van der Waals surface area (Å²) in [6.07, 6.45) is -2.02. The third kappa shape index (κ3) is 5.95. The second-order valence-electron chi connectivity index (χ2n) is 8.14. The summed E-state index contributed by atoms with van der Waals surface area (Å²) >= 11 is 0. The molecule has 7 nitrogen and oxygen atoms in total. The Bertz CT molecular complexity index is 1190. The summed E-state index contributed by atoms with van der Waals surface area (Å²) < 4.78 is 49.0. The molecule has 4 aromatic rings. The minimum absolute atomic E-state index is 0.200. The second-order valence-corrected chi connectivity index (χ2v) is 8.14. The van der Waals surface area contributed by atoms with Crippen LogP contribution in [0, 0.1) is 0 Å². The molecule has 0 saturated heterocycles. The summed E-state index contributed by atoms with van der Waals surface area (Å²) in [5.74, 6) is -0.260. The molecule has 2 aromatic carbocycles. The van der Waals surface area contributed by atoms with Gasteiger partial charge in [-0.3, -0.25) is 9.58 Å². The second kappa shape index (κ2) is 10.3. The van der Waals surface area contributed by atoms with Crippen LogP contribution in [-0.4, -0.2) is 55.6 Å². The Labute approximate surface area is 195 Å². The van der Waals surface area contributed by atoms with Gasteiger partial charge < -0.3 is 14.4 Å². The number of aliphatic hydroxyl groups excluding tert-OH is 1. The number of benzene rings is 2. The summed E-state index contributed by atoms with van der Waals surface area (Å²) in [6, 6.07) is 15.9. The molecule has 0 aliphatic heterocycles. The van der Waals surface area contributed by atoms with E-state index in [1.165, 1.54) is 6.07 Å². The smallest absolute Gasteiger partial charge is 0.449 e. The highest BCUT2D eigenvalue weighted by Crippen LogP contribution is 2.31. The molecule has 0 aliphatic rings. The van der Waals surface area contributed by atoms with Gasteiger partial charge in [0.05, 0.1) is 30.2 Å². The van der Waals surface area contributed by atoms with Gasteiger partial charge in [-0.15, -0.1) is 0 Å². The van der Waals surface area contributed by atoms with Crippen LogP contribution in [0.25, 0.3) is 11.0 Å². The Morgan fingerprint density at radius 1 is 1.09 bits per heavy atom. The first-order valence-electron chi connectivity index (χ1n) is 10.9. The molecule has 34 heavy (non-hydrogen) atoms. The van der Waals surface area contributed by atoms with Gasteiger partial charge in [-0.1, -0.05) is 24.3 Å². The van der Waals surface area contributed by atoms with Crippen molar-refractivity contribution >= 4 is 11.0 Å². The molecule has 1 N–H and O–H groups in total. The topological polar surface area (TPSA) is 68.3 Å². The summed E-state index contributed by atoms with van der Waals surface area (Å²) in [7, 11) is 1.81. The zero-order chi connectivity index (χ0) is 24.1. The van der Waals surface area contributed by atoms with Crippen LogP contribution in [0.4, 0.5) is 13.2 Å². The summed E-state index contributed by atoms with van der Waals surface area (Å²) in [5, 5.41) is 14.7. The Morgan fingerprint density at radius 2 is 1.85 bits per heavy atom. The van der Waals surface area contributed by atoms with Crippen LogP contribution < -0.4 is 4.74 Å². The Hall–Kier alpha value is -3.37. The van der Waals surface area contributed by atoms with E-state index in [2.05, 4.69) is 10.1 Å². The summed E-state index contributed by atoms with van der Waals surface area (Å²) in [4.78, 5) is 5.59. The highest BCUT2D eigenvalue weighted by atomic mass is 19.4. The van der Waals surface area contributed by atoms with Gasteiger partial charge >= 0.3 is 6.18 Å². The number of hydrogen-bond acceptors (Lipinski definition) is 5. The van der Waals surface area contributed by atoms with Crippen LogP contribution in [0.5, 0.6) is 5.75 Å². The number of rotatable bonds is 10. The monoisotopic (exact) mass is 473 g/mol. The fraction of sp³-hybridized carbons (Fsp3) is 0.333. The number of likely N-dealkylation sites (N-methyl/N-ethyl adjacent to an activating group) is 1. The van der Waals surface area contributed by atoms with E-state index in [-0.39, 0.29) is 18.6 Å². The molecule has 0 aliphatic carbocycles. The number of para-hydroxylation sites is 2. The van der Waals surface area contributed by atoms with Crippen molar-refractivity contribution in [3.63, 3.8) is 0 Å². The normalized spacial score (nSPS) is 13.0. The summed E-state index contributed by atoms with van der Waals surface area (Å²) in [5.41, 5.74) is 1.60. The van der Waals surface area contributed by atoms with Crippen LogP contribution in [0.2, 0.25) is 0 Å². The maximum absolute atomic E-state index is 13.5. The number of aliphatic hydroxyl groups is 1. The Morgan fingerprint density at radius 3 is 2.56 bits per heavy atom. The van der Waals surface area contributed by atoms with Crippen LogP contribution >= 0.6 is 0 Å².